The van der Waals surface area contributed by atoms with Crippen molar-refractivity contribution in [3.05, 3.63) is 70.3 Å². The van der Waals surface area contributed by atoms with Gasteiger partial charge in [0.05, 0.1) is 39.8 Å². The van der Waals surface area contributed by atoms with E-state index in [1.54, 1.807) is 25.6 Å². The van der Waals surface area contributed by atoms with Gasteiger partial charge in [-0.05, 0) is 36.2 Å². The zero-order valence-electron chi connectivity index (χ0n) is 19.2. The maximum Gasteiger partial charge on any atom is 0.418 e. The number of hydrogen-bond donors (Lipinski definition) is 3. The van der Waals surface area contributed by atoms with E-state index in [9.17, 15) is 13.2 Å². The Kier molecular flexibility index (Phi) is 5.87. The Balaban J connectivity index is 1.64. The van der Waals surface area contributed by atoms with Gasteiger partial charge >= 0.3 is 6.18 Å². The molecule has 4 N–H and O–H groups in total. The number of nitrogens with one attached hydrogen (secondary N) is 2. The molecule has 1 aromatic carbocycles. The Labute approximate surface area is 209 Å². The van der Waals surface area contributed by atoms with Crippen LogP contribution >= 0.6 is 11.6 Å². The molecule has 0 radical (unpaired) electrons. The highest BCUT2D eigenvalue weighted by molar-refractivity contribution is 6.37. The molecular formula is C24H21ClF3N7O. The number of rotatable bonds is 4. The van der Waals surface area contributed by atoms with Crippen molar-refractivity contribution in [2.45, 2.75) is 19.6 Å². The average molecular weight is 516 g/mol. The Bertz CT molecular complexity index is 1420. The molecule has 186 valence electrons. The van der Waals surface area contributed by atoms with Gasteiger partial charge in [-0.1, -0.05) is 11.6 Å². The van der Waals surface area contributed by atoms with Crippen LogP contribution in [-0.2, 0) is 12.7 Å². The molecule has 4 heterocycles. The monoisotopic (exact) mass is 515 g/mol. The predicted molar refractivity (Wildman–Crippen MR) is 133 cm³/mol. The minimum absolute atomic E-state index is 0.0465. The fourth-order valence-corrected chi connectivity index (χ4v) is 4.63. The van der Waals surface area contributed by atoms with Crippen LogP contribution in [0.2, 0.25) is 5.02 Å². The van der Waals surface area contributed by atoms with Crippen molar-refractivity contribution < 1.29 is 17.9 Å². The second-order valence-corrected chi connectivity index (χ2v) is 8.63. The number of anilines is 3. The van der Waals surface area contributed by atoms with Gasteiger partial charge in [-0.3, -0.25) is 4.98 Å². The number of nitrogens with zero attached hydrogens (tertiary/aromatic N) is 4. The summed E-state index contributed by atoms with van der Waals surface area (Å²) in [6.07, 6.45) is 1.94. The molecule has 2 aromatic heterocycles. The first-order valence-electron chi connectivity index (χ1n) is 10.9. The first kappa shape index (κ1) is 23.7. The molecule has 12 heteroatoms. The highest BCUT2D eigenvalue weighted by Crippen LogP contribution is 2.47. The molecule has 0 spiro atoms. The quantitative estimate of drug-likeness (QED) is 0.436. The lowest BCUT2D eigenvalue weighted by molar-refractivity contribution is -0.137. The number of amidine groups is 1. The van der Waals surface area contributed by atoms with Crippen LogP contribution < -0.4 is 21.1 Å². The van der Waals surface area contributed by atoms with Gasteiger partial charge in [0.15, 0.2) is 0 Å². The van der Waals surface area contributed by atoms with E-state index in [1.807, 2.05) is 11.0 Å². The van der Waals surface area contributed by atoms with Crippen LogP contribution in [0.5, 0.6) is 5.75 Å². The van der Waals surface area contributed by atoms with E-state index in [1.165, 1.54) is 25.3 Å². The third-order valence-corrected chi connectivity index (χ3v) is 6.25. The molecule has 3 aromatic rings. The number of aromatic nitrogens is 2. The average Bonchev–Trinajstić information content (AvgIpc) is 3.00. The van der Waals surface area contributed by atoms with Crippen molar-refractivity contribution >= 4 is 34.6 Å². The van der Waals surface area contributed by atoms with E-state index < -0.39 is 11.7 Å². The SMILES string of the molecule is CNc1cncc(CN2C=COc3cc(-c4nc(N)cc(C)c4C(F)(F)F)c(Cl)c4c3C2=NCN4)c1. The highest BCUT2D eigenvalue weighted by Gasteiger charge is 2.38. The van der Waals surface area contributed by atoms with Crippen LogP contribution in [-0.4, -0.2) is 34.4 Å². The third kappa shape index (κ3) is 4.15. The van der Waals surface area contributed by atoms with Gasteiger partial charge in [-0.15, -0.1) is 0 Å². The molecule has 2 aliphatic rings. The lowest BCUT2D eigenvalue weighted by atomic mass is 9.97. The summed E-state index contributed by atoms with van der Waals surface area (Å²) in [6.45, 7) is 1.93. The topological polar surface area (TPSA) is 101 Å². The molecule has 8 nitrogen and oxygen atoms in total. The van der Waals surface area contributed by atoms with Crippen molar-refractivity contribution in [3.63, 3.8) is 0 Å². The number of alkyl halides is 3. The summed E-state index contributed by atoms with van der Waals surface area (Å²) >= 11 is 6.73. The van der Waals surface area contributed by atoms with E-state index >= 15 is 0 Å². The zero-order chi connectivity index (χ0) is 25.6. The fraction of sp³-hybridized carbons (Fsp3) is 0.208. The fourth-order valence-electron chi connectivity index (χ4n) is 4.33. The molecule has 0 fully saturated rings. The van der Waals surface area contributed by atoms with Gasteiger partial charge in [-0.25, -0.2) is 9.98 Å². The van der Waals surface area contributed by atoms with Crippen molar-refractivity contribution in [2.75, 3.05) is 30.1 Å². The van der Waals surface area contributed by atoms with E-state index in [2.05, 4.69) is 25.6 Å². The van der Waals surface area contributed by atoms with Gasteiger partial charge in [0.25, 0.3) is 0 Å². The van der Waals surface area contributed by atoms with Crippen molar-refractivity contribution in [1.82, 2.24) is 14.9 Å². The van der Waals surface area contributed by atoms with Crippen LogP contribution in [0.25, 0.3) is 11.3 Å². The lowest BCUT2D eigenvalue weighted by Gasteiger charge is -2.28. The summed E-state index contributed by atoms with van der Waals surface area (Å²) in [4.78, 5) is 14.7. The third-order valence-electron chi connectivity index (χ3n) is 5.86. The molecule has 5 rings (SSSR count). The smallest absolute Gasteiger partial charge is 0.418 e. The molecule has 0 bridgehead atoms. The summed E-state index contributed by atoms with van der Waals surface area (Å²) in [5.41, 5.74) is 7.26. The number of aliphatic imine (C=N–C) groups is 1. The molecule has 0 saturated heterocycles. The Morgan fingerprint density at radius 1 is 1.25 bits per heavy atom. The van der Waals surface area contributed by atoms with Gasteiger partial charge in [0, 0.05) is 31.2 Å². The van der Waals surface area contributed by atoms with E-state index in [0.29, 0.717) is 23.6 Å². The number of benzene rings is 1. The molecule has 0 amide bonds. The number of ether oxygens (including phenoxy) is 1. The molecule has 0 aliphatic carbocycles. The molecule has 0 unspecified atom stereocenters. The van der Waals surface area contributed by atoms with Crippen LogP contribution in [0.4, 0.5) is 30.4 Å². The summed E-state index contributed by atoms with van der Waals surface area (Å²) < 4.78 is 47.9. The summed E-state index contributed by atoms with van der Waals surface area (Å²) in [5.74, 6) is 0.796. The van der Waals surface area contributed by atoms with Crippen LogP contribution in [0.15, 0.2) is 48.0 Å². The van der Waals surface area contributed by atoms with Crippen molar-refractivity contribution in [2.24, 2.45) is 4.99 Å². The van der Waals surface area contributed by atoms with Gasteiger partial charge < -0.3 is 26.0 Å². The summed E-state index contributed by atoms with van der Waals surface area (Å²) in [7, 11) is 1.81. The first-order chi connectivity index (χ1) is 17.2. The van der Waals surface area contributed by atoms with Gasteiger partial charge in [0.2, 0.25) is 0 Å². The maximum atomic E-state index is 14.0. The number of nitrogens with two attached hydrogens (primary N) is 1. The van der Waals surface area contributed by atoms with Gasteiger partial charge in [0.1, 0.15) is 30.3 Å². The Morgan fingerprint density at radius 2 is 2.06 bits per heavy atom. The minimum atomic E-state index is -4.67. The second-order valence-electron chi connectivity index (χ2n) is 8.25. The van der Waals surface area contributed by atoms with Gasteiger partial charge in [-0.2, -0.15) is 13.2 Å². The number of halogens is 4. The normalized spacial score (nSPS) is 14.4. The summed E-state index contributed by atoms with van der Waals surface area (Å²) in [6, 6.07) is 4.58. The van der Waals surface area contributed by atoms with Crippen LogP contribution in [0.1, 0.15) is 22.3 Å². The molecule has 0 saturated carbocycles. The number of aryl methyl sites for hydroxylation is 1. The highest BCUT2D eigenvalue weighted by atomic mass is 35.5. The lowest BCUT2D eigenvalue weighted by Crippen LogP contribution is -2.30. The van der Waals surface area contributed by atoms with Crippen molar-refractivity contribution in [3.8, 4) is 17.0 Å². The van der Waals surface area contributed by atoms with Crippen molar-refractivity contribution in [1.29, 1.82) is 0 Å². The first-order valence-corrected chi connectivity index (χ1v) is 11.3. The van der Waals surface area contributed by atoms with E-state index in [0.717, 1.165) is 11.3 Å². The van der Waals surface area contributed by atoms with E-state index in [4.69, 9.17) is 22.1 Å². The largest absolute Gasteiger partial charge is 0.463 e. The second kappa shape index (κ2) is 8.90. The van der Waals surface area contributed by atoms with Crippen LogP contribution in [0.3, 0.4) is 0 Å². The number of nitrogen functional groups attached to an aromatic ring is 1. The number of hydrogen-bond acceptors (Lipinski definition) is 8. The molecule has 2 aliphatic heterocycles. The van der Waals surface area contributed by atoms with E-state index in [-0.39, 0.29) is 40.1 Å². The maximum absolute atomic E-state index is 14.0. The van der Waals surface area contributed by atoms with Crippen LogP contribution in [0, 0.1) is 6.92 Å². The minimum Gasteiger partial charge on any atom is -0.463 e. The molecule has 0 atom stereocenters. The Morgan fingerprint density at radius 3 is 2.81 bits per heavy atom. The standard InChI is InChI=1S/C24H21ClF3N7O/c1-12-5-17(29)34-21(19(12)24(26,27)28)15-7-16-18-22(20(15)25)32-11-33-23(18)35(3-4-36-16)10-13-6-14(30-2)9-31-8-13/h3-9,30,32H,10-11H2,1-2H3,(H2,29,34). The molecular weight excluding hydrogens is 495 g/mol. The molecule has 36 heavy (non-hydrogen) atoms. The summed E-state index contributed by atoms with van der Waals surface area (Å²) in [5, 5.41) is 6.20. The number of pyridine rings is 2. The Hall–Kier alpha value is -3.99. The predicted octanol–water partition coefficient (Wildman–Crippen LogP) is 5.24. The zero-order valence-corrected chi connectivity index (χ0v) is 20.0.